The Morgan fingerprint density at radius 2 is 2.00 bits per heavy atom. The molecule has 0 radical (unpaired) electrons. The van der Waals surface area contributed by atoms with Gasteiger partial charge < -0.3 is 15.2 Å². The van der Waals surface area contributed by atoms with Crippen molar-refractivity contribution in [2.24, 2.45) is 5.92 Å². The first kappa shape index (κ1) is 17.4. The largest absolute Gasteiger partial charge is 0.493 e. The Bertz CT molecular complexity index is 799. The maximum atomic E-state index is 12.6. The fourth-order valence-electron chi connectivity index (χ4n) is 3.79. The van der Waals surface area contributed by atoms with E-state index in [4.69, 9.17) is 16.3 Å². The molecule has 2 aliphatic rings. The quantitative estimate of drug-likeness (QED) is 0.846. The van der Waals surface area contributed by atoms with Crippen molar-refractivity contribution in [3.8, 4) is 5.75 Å². The number of aliphatic hydroxyl groups is 1. The first-order valence-corrected chi connectivity index (χ1v) is 9.44. The lowest BCUT2D eigenvalue weighted by Crippen LogP contribution is -2.41. The number of fused-ring (bicyclic) bond motifs is 1. The van der Waals surface area contributed by atoms with Crippen LogP contribution in [-0.2, 0) is 17.6 Å². The molecule has 1 atom stereocenters. The summed E-state index contributed by atoms with van der Waals surface area (Å²) >= 11 is 5.91. The summed E-state index contributed by atoms with van der Waals surface area (Å²) in [5.41, 5.74) is 3.22. The Morgan fingerprint density at radius 1 is 1.23 bits per heavy atom. The van der Waals surface area contributed by atoms with Crippen molar-refractivity contribution in [3.05, 3.63) is 64.2 Å². The summed E-state index contributed by atoms with van der Waals surface area (Å²) in [5, 5.41) is 13.6. The van der Waals surface area contributed by atoms with E-state index in [0.29, 0.717) is 18.1 Å². The molecule has 4 nitrogen and oxygen atoms in total. The third kappa shape index (κ3) is 3.71. The minimum atomic E-state index is -0.256. The molecule has 0 bridgehead atoms. The average molecular weight is 372 g/mol. The Hall–Kier alpha value is -2.04. The zero-order valence-electron chi connectivity index (χ0n) is 14.5. The van der Waals surface area contributed by atoms with Gasteiger partial charge in [-0.3, -0.25) is 4.79 Å². The van der Waals surface area contributed by atoms with Gasteiger partial charge in [-0.15, -0.1) is 0 Å². The number of amides is 1. The smallest absolute Gasteiger partial charge is 0.224 e. The van der Waals surface area contributed by atoms with Crippen LogP contribution in [0.5, 0.6) is 5.75 Å². The summed E-state index contributed by atoms with van der Waals surface area (Å²) < 4.78 is 5.58. The van der Waals surface area contributed by atoms with E-state index in [2.05, 4.69) is 11.4 Å². The molecule has 0 saturated heterocycles. The summed E-state index contributed by atoms with van der Waals surface area (Å²) in [4.78, 5) is 12.6. The Balaban J connectivity index is 1.50. The molecule has 0 aromatic heterocycles. The molecule has 1 amide bonds. The van der Waals surface area contributed by atoms with Crippen molar-refractivity contribution in [2.45, 2.75) is 37.8 Å². The number of nitrogens with one attached hydrogen (secondary N) is 1. The highest BCUT2D eigenvalue weighted by atomic mass is 35.5. The molecule has 1 fully saturated rings. The van der Waals surface area contributed by atoms with Gasteiger partial charge in [0.2, 0.25) is 5.91 Å². The van der Waals surface area contributed by atoms with Gasteiger partial charge in [0.15, 0.2) is 0 Å². The number of benzene rings is 2. The minimum absolute atomic E-state index is 0.0181. The zero-order chi connectivity index (χ0) is 18.1. The van der Waals surface area contributed by atoms with Crippen molar-refractivity contribution in [1.82, 2.24) is 5.32 Å². The number of carbonyl (C=O) groups is 1. The highest BCUT2D eigenvalue weighted by Gasteiger charge is 2.36. The lowest BCUT2D eigenvalue weighted by molar-refractivity contribution is -0.122. The van der Waals surface area contributed by atoms with Crippen LogP contribution >= 0.6 is 11.6 Å². The van der Waals surface area contributed by atoms with Gasteiger partial charge in [0, 0.05) is 11.4 Å². The van der Waals surface area contributed by atoms with Gasteiger partial charge in [-0.05, 0) is 59.7 Å². The zero-order valence-corrected chi connectivity index (χ0v) is 15.2. The third-order valence-corrected chi connectivity index (χ3v) is 5.54. The second-order valence-electron chi connectivity index (χ2n) is 7.20. The molecule has 4 rings (SSSR count). The normalized spacial score (nSPS) is 22.1. The van der Waals surface area contributed by atoms with Crippen molar-refractivity contribution in [3.63, 3.8) is 0 Å². The number of hydrogen-bond acceptors (Lipinski definition) is 3. The van der Waals surface area contributed by atoms with Crippen LogP contribution in [0.4, 0.5) is 0 Å². The topological polar surface area (TPSA) is 58.6 Å². The maximum absolute atomic E-state index is 12.6. The van der Waals surface area contributed by atoms with Crippen molar-refractivity contribution < 1.29 is 14.6 Å². The second-order valence-corrected chi connectivity index (χ2v) is 7.64. The van der Waals surface area contributed by atoms with Crippen molar-refractivity contribution >= 4 is 17.5 Å². The molecule has 2 aromatic carbocycles. The summed E-state index contributed by atoms with van der Waals surface area (Å²) in [7, 11) is 0. The van der Waals surface area contributed by atoms with E-state index < -0.39 is 0 Å². The second kappa shape index (κ2) is 7.29. The first-order valence-electron chi connectivity index (χ1n) is 9.06. The van der Waals surface area contributed by atoms with E-state index in [0.717, 1.165) is 36.1 Å². The predicted molar refractivity (Wildman–Crippen MR) is 100 cm³/mol. The first-order chi connectivity index (χ1) is 12.6. The van der Waals surface area contributed by atoms with Gasteiger partial charge in [-0.25, -0.2) is 0 Å². The molecule has 5 heteroatoms. The van der Waals surface area contributed by atoms with Crippen LogP contribution in [0.3, 0.4) is 0 Å². The van der Waals surface area contributed by atoms with Crippen molar-refractivity contribution in [1.29, 1.82) is 0 Å². The number of carbonyl (C=O) groups excluding carboxylic acids is 1. The Kier molecular flexibility index (Phi) is 4.88. The fourth-order valence-corrected chi connectivity index (χ4v) is 3.91. The summed E-state index contributed by atoms with van der Waals surface area (Å²) in [6.45, 7) is 0.717. The van der Waals surface area contributed by atoms with Gasteiger partial charge >= 0.3 is 0 Å². The molecule has 26 heavy (non-hydrogen) atoms. The molecule has 1 aliphatic carbocycles. The van der Waals surface area contributed by atoms with E-state index >= 15 is 0 Å². The van der Waals surface area contributed by atoms with Gasteiger partial charge in [-0.1, -0.05) is 29.8 Å². The molecule has 0 unspecified atom stereocenters. The van der Waals surface area contributed by atoms with E-state index in [9.17, 15) is 9.90 Å². The molecule has 2 aromatic rings. The Morgan fingerprint density at radius 3 is 2.73 bits per heavy atom. The molecule has 2 N–H and O–H groups in total. The van der Waals surface area contributed by atoms with E-state index in [1.807, 2.05) is 24.3 Å². The highest BCUT2D eigenvalue weighted by Crippen LogP contribution is 2.39. The number of ether oxygens (including phenoxy) is 1. The summed E-state index contributed by atoms with van der Waals surface area (Å²) in [6.07, 6.45) is 2.41. The number of rotatable bonds is 5. The molecule has 1 aliphatic heterocycles. The maximum Gasteiger partial charge on any atom is 0.224 e. The summed E-state index contributed by atoms with van der Waals surface area (Å²) in [6, 6.07) is 13.4. The van der Waals surface area contributed by atoms with Gasteiger partial charge in [0.25, 0.3) is 0 Å². The molecule has 136 valence electrons. The van der Waals surface area contributed by atoms with Crippen LogP contribution in [0, 0.1) is 5.92 Å². The number of hydrogen-bond donors (Lipinski definition) is 2. The van der Waals surface area contributed by atoms with Gasteiger partial charge in [0.1, 0.15) is 5.75 Å². The van der Waals surface area contributed by atoms with E-state index in [1.54, 1.807) is 12.1 Å². The number of aliphatic hydroxyl groups excluding tert-OH is 1. The lowest BCUT2D eigenvalue weighted by atomic mass is 9.74. The molecule has 1 saturated carbocycles. The average Bonchev–Trinajstić information content (AvgIpc) is 3.07. The SMILES string of the molecule is O=C(Cc1ccc(Cl)cc1)N[C@H](c1ccc2c(c1)CCO2)C1CC(O)C1. The highest BCUT2D eigenvalue weighted by molar-refractivity contribution is 6.30. The van der Waals surface area contributed by atoms with E-state index in [-0.39, 0.29) is 24.0 Å². The van der Waals surface area contributed by atoms with Crippen LogP contribution in [0.15, 0.2) is 42.5 Å². The van der Waals surface area contributed by atoms with E-state index in [1.165, 1.54) is 5.56 Å². The Labute approximate surface area is 158 Å². The summed E-state index contributed by atoms with van der Waals surface area (Å²) in [5.74, 6) is 1.18. The monoisotopic (exact) mass is 371 g/mol. The minimum Gasteiger partial charge on any atom is -0.493 e. The number of halogens is 1. The van der Waals surface area contributed by atoms with Gasteiger partial charge in [0.05, 0.1) is 25.2 Å². The molecular weight excluding hydrogens is 350 g/mol. The lowest BCUT2D eigenvalue weighted by Gasteiger charge is -2.38. The van der Waals surface area contributed by atoms with Crippen LogP contribution in [0.2, 0.25) is 5.02 Å². The fraction of sp³-hybridized carbons (Fsp3) is 0.381. The molecule has 1 heterocycles. The van der Waals surface area contributed by atoms with Crippen LogP contribution in [-0.4, -0.2) is 23.7 Å². The third-order valence-electron chi connectivity index (χ3n) is 5.29. The van der Waals surface area contributed by atoms with Crippen LogP contribution in [0.1, 0.15) is 35.6 Å². The van der Waals surface area contributed by atoms with Crippen LogP contribution < -0.4 is 10.1 Å². The molecule has 0 spiro atoms. The van der Waals surface area contributed by atoms with Crippen LogP contribution in [0.25, 0.3) is 0 Å². The van der Waals surface area contributed by atoms with Crippen molar-refractivity contribution in [2.75, 3.05) is 6.61 Å². The van der Waals surface area contributed by atoms with Gasteiger partial charge in [-0.2, -0.15) is 0 Å². The predicted octanol–water partition coefficient (Wildman–Crippen LogP) is 3.45. The standard InChI is InChI=1S/C21H22ClNO3/c22-17-4-1-13(2-5-17)9-20(25)23-21(16-11-18(24)12-16)15-3-6-19-14(10-15)7-8-26-19/h1-6,10,16,18,21,24H,7-9,11-12H2,(H,23,25)/t16?,18?,21-/m1/s1. The molecular formula is C21H22ClNO3.